The summed E-state index contributed by atoms with van der Waals surface area (Å²) in [6, 6.07) is 25.4. The summed E-state index contributed by atoms with van der Waals surface area (Å²) < 4.78 is 0. The van der Waals surface area contributed by atoms with Gasteiger partial charge in [0.1, 0.15) is 5.78 Å². The zero-order valence-corrected chi connectivity index (χ0v) is 16.5. The molecular formula is C25H20ClNO2. The average Bonchev–Trinajstić information content (AvgIpc) is 3.03. The van der Waals surface area contributed by atoms with Crippen molar-refractivity contribution in [1.29, 1.82) is 0 Å². The van der Waals surface area contributed by atoms with Crippen LogP contribution in [-0.4, -0.2) is 11.7 Å². The Bertz CT molecular complexity index is 1090. The first-order chi connectivity index (χ1) is 14.1. The molecule has 144 valence electrons. The summed E-state index contributed by atoms with van der Waals surface area (Å²) in [6.45, 7) is 0. The van der Waals surface area contributed by atoms with Gasteiger partial charge in [0.25, 0.3) is 0 Å². The maximum atomic E-state index is 13.7. The number of hydrogen-bond donors (Lipinski definition) is 1. The Balaban J connectivity index is 1.79. The Morgan fingerprint density at radius 1 is 0.759 bits per heavy atom. The molecule has 3 atom stereocenters. The van der Waals surface area contributed by atoms with Crippen LogP contribution < -0.4 is 5.32 Å². The molecule has 1 spiro atoms. The molecule has 2 aliphatic rings. The highest BCUT2D eigenvalue weighted by atomic mass is 35.5. The maximum absolute atomic E-state index is 13.7. The normalized spacial score (nSPS) is 25.7. The lowest BCUT2D eigenvalue weighted by Gasteiger charge is -2.46. The van der Waals surface area contributed by atoms with E-state index in [1.165, 1.54) is 0 Å². The molecule has 5 rings (SSSR count). The number of rotatable bonds is 2. The largest absolute Gasteiger partial charge is 0.325 e. The van der Waals surface area contributed by atoms with Crippen molar-refractivity contribution in [2.24, 2.45) is 0 Å². The first-order valence-corrected chi connectivity index (χ1v) is 10.2. The van der Waals surface area contributed by atoms with Gasteiger partial charge in [-0.25, -0.2) is 0 Å². The van der Waals surface area contributed by atoms with E-state index in [1.807, 2.05) is 78.9 Å². The van der Waals surface area contributed by atoms with E-state index >= 15 is 0 Å². The van der Waals surface area contributed by atoms with Crippen molar-refractivity contribution in [2.75, 3.05) is 5.32 Å². The number of carbonyl (C=O) groups is 2. The van der Waals surface area contributed by atoms with Crippen molar-refractivity contribution in [2.45, 2.75) is 30.1 Å². The molecule has 1 saturated carbocycles. The van der Waals surface area contributed by atoms with Crippen LogP contribution in [0, 0.1) is 0 Å². The fourth-order valence-electron chi connectivity index (χ4n) is 5.24. The number of para-hydroxylation sites is 1. The summed E-state index contributed by atoms with van der Waals surface area (Å²) in [5.74, 6) is -0.328. The van der Waals surface area contributed by atoms with E-state index in [2.05, 4.69) is 5.32 Å². The van der Waals surface area contributed by atoms with Crippen molar-refractivity contribution in [1.82, 2.24) is 0 Å². The van der Waals surface area contributed by atoms with Crippen molar-refractivity contribution in [3.63, 3.8) is 0 Å². The topological polar surface area (TPSA) is 46.2 Å². The SMILES string of the molecule is O=C1C[C@@H](c2ccccc2)[C@]2(C(=O)Nc3ccccc32)[C@H](c2ccc(Cl)cc2)C1. The minimum Gasteiger partial charge on any atom is -0.325 e. The van der Waals surface area contributed by atoms with Gasteiger partial charge in [-0.1, -0.05) is 72.3 Å². The van der Waals surface area contributed by atoms with E-state index < -0.39 is 5.41 Å². The number of carbonyl (C=O) groups excluding carboxylic acids is 2. The van der Waals surface area contributed by atoms with Gasteiger partial charge in [-0.2, -0.15) is 0 Å². The lowest BCUT2D eigenvalue weighted by molar-refractivity contribution is -0.128. The van der Waals surface area contributed by atoms with Gasteiger partial charge in [0.15, 0.2) is 0 Å². The Labute approximate surface area is 174 Å². The molecule has 1 aliphatic heterocycles. The molecule has 0 radical (unpaired) electrons. The van der Waals surface area contributed by atoms with E-state index in [4.69, 9.17) is 11.6 Å². The van der Waals surface area contributed by atoms with Gasteiger partial charge < -0.3 is 5.32 Å². The van der Waals surface area contributed by atoms with Crippen LogP contribution in [0.2, 0.25) is 5.02 Å². The second-order valence-corrected chi connectivity index (χ2v) is 8.32. The number of hydrogen-bond acceptors (Lipinski definition) is 2. The van der Waals surface area contributed by atoms with Gasteiger partial charge in [-0.3, -0.25) is 9.59 Å². The lowest BCUT2D eigenvalue weighted by Crippen LogP contribution is -2.50. The maximum Gasteiger partial charge on any atom is 0.236 e. The minimum absolute atomic E-state index is 0.0278. The summed E-state index contributed by atoms with van der Waals surface area (Å²) in [4.78, 5) is 26.6. The summed E-state index contributed by atoms with van der Waals surface area (Å²) in [5.41, 5.74) is 2.97. The highest BCUT2D eigenvalue weighted by molar-refractivity contribution is 6.30. The molecule has 1 N–H and O–H groups in total. The fourth-order valence-corrected chi connectivity index (χ4v) is 5.36. The van der Waals surface area contributed by atoms with Gasteiger partial charge in [-0.05, 0) is 34.9 Å². The third-order valence-electron chi connectivity index (χ3n) is 6.43. The fraction of sp³-hybridized carbons (Fsp3) is 0.200. The molecule has 0 unspecified atom stereocenters. The van der Waals surface area contributed by atoms with Crippen molar-refractivity contribution in [3.8, 4) is 0 Å². The summed E-state index contributed by atoms with van der Waals surface area (Å²) >= 11 is 6.12. The standard InChI is InChI=1S/C25H20ClNO2/c26-18-12-10-17(11-13-18)22-15-19(28)14-21(16-6-2-1-3-7-16)25(22)20-8-4-5-9-23(20)27-24(25)29/h1-13,21-22H,14-15H2,(H,27,29)/t21-,22-,25-/m0/s1. The number of benzene rings is 3. The number of halogens is 1. The molecular weight excluding hydrogens is 382 g/mol. The summed E-state index contributed by atoms with van der Waals surface area (Å²) in [7, 11) is 0. The molecule has 1 heterocycles. The van der Waals surface area contributed by atoms with Crippen LogP contribution in [0.15, 0.2) is 78.9 Å². The lowest BCUT2D eigenvalue weighted by atomic mass is 9.54. The van der Waals surface area contributed by atoms with Crippen LogP contribution in [0.3, 0.4) is 0 Å². The molecule has 3 aromatic carbocycles. The van der Waals surface area contributed by atoms with E-state index in [1.54, 1.807) is 0 Å². The Morgan fingerprint density at radius 3 is 2.03 bits per heavy atom. The molecule has 1 aliphatic carbocycles. The van der Waals surface area contributed by atoms with Crippen molar-refractivity contribution >= 4 is 29.0 Å². The van der Waals surface area contributed by atoms with Crippen LogP contribution in [0.25, 0.3) is 0 Å². The highest BCUT2D eigenvalue weighted by Crippen LogP contribution is 2.59. The zero-order chi connectivity index (χ0) is 20.0. The van der Waals surface area contributed by atoms with Crippen LogP contribution in [0.5, 0.6) is 0 Å². The monoisotopic (exact) mass is 401 g/mol. The number of anilines is 1. The van der Waals surface area contributed by atoms with Gasteiger partial charge >= 0.3 is 0 Å². The quantitative estimate of drug-likeness (QED) is 0.619. The molecule has 3 nitrogen and oxygen atoms in total. The third kappa shape index (κ3) is 2.72. The molecule has 4 heteroatoms. The summed E-state index contributed by atoms with van der Waals surface area (Å²) in [6.07, 6.45) is 0.697. The Kier molecular flexibility index (Phi) is 4.29. The highest BCUT2D eigenvalue weighted by Gasteiger charge is 2.60. The molecule has 1 fully saturated rings. The van der Waals surface area contributed by atoms with Gasteiger partial charge in [0, 0.05) is 35.4 Å². The minimum atomic E-state index is -0.834. The zero-order valence-electron chi connectivity index (χ0n) is 15.8. The smallest absolute Gasteiger partial charge is 0.236 e. The second-order valence-electron chi connectivity index (χ2n) is 7.88. The molecule has 29 heavy (non-hydrogen) atoms. The predicted octanol–water partition coefficient (Wildman–Crippen LogP) is 5.46. The van der Waals surface area contributed by atoms with Crippen LogP contribution >= 0.6 is 11.6 Å². The van der Waals surface area contributed by atoms with E-state index in [0.29, 0.717) is 17.9 Å². The number of fused-ring (bicyclic) bond motifs is 2. The molecule has 0 bridgehead atoms. The predicted molar refractivity (Wildman–Crippen MR) is 114 cm³/mol. The van der Waals surface area contributed by atoms with E-state index in [0.717, 1.165) is 22.4 Å². The average molecular weight is 402 g/mol. The number of Topliss-reactive ketones (excluding diaryl/α,β-unsaturated/α-hetero) is 1. The molecule has 0 saturated heterocycles. The third-order valence-corrected chi connectivity index (χ3v) is 6.69. The van der Waals surface area contributed by atoms with Gasteiger partial charge in [-0.15, -0.1) is 0 Å². The van der Waals surface area contributed by atoms with Crippen molar-refractivity contribution in [3.05, 3.63) is 101 Å². The van der Waals surface area contributed by atoms with Crippen LogP contribution in [0.1, 0.15) is 41.4 Å². The van der Waals surface area contributed by atoms with Gasteiger partial charge in [0.2, 0.25) is 5.91 Å². The Hall–Kier alpha value is -2.91. The van der Waals surface area contributed by atoms with Gasteiger partial charge in [0.05, 0.1) is 5.41 Å². The van der Waals surface area contributed by atoms with Crippen LogP contribution in [0.4, 0.5) is 5.69 Å². The number of amides is 1. The first-order valence-electron chi connectivity index (χ1n) is 9.83. The second kappa shape index (κ2) is 6.85. The summed E-state index contributed by atoms with van der Waals surface area (Å²) in [5, 5.41) is 3.75. The molecule has 0 aromatic heterocycles. The van der Waals surface area contributed by atoms with E-state index in [9.17, 15) is 9.59 Å². The molecule has 3 aromatic rings. The first kappa shape index (κ1) is 18.1. The number of nitrogens with one attached hydrogen (secondary N) is 1. The Morgan fingerprint density at radius 2 is 1.34 bits per heavy atom. The number of ketones is 1. The van der Waals surface area contributed by atoms with Crippen molar-refractivity contribution < 1.29 is 9.59 Å². The van der Waals surface area contributed by atoms with E-state index in [-0.39, 0.29) is 23.5 Å². The van der Waals surface area contributed by atoms with Crippen LogP contribution in [-0.2, 0) is 15.0 Å². The molecule has 1 amide bonds.